The van der Waals surface area contributed by atoms with Crippen LogP contribution < -0.4 is 0 Å². The molecule has 0 atom stereocenters. The first kappa shape index (κ1) is 21.6. The Morgan fingerprint density at radius 1 is 0.864 bits per heavy atom. The third kappa shape index (κ3) is 8.27. The van der Waals surface area contributed by atoms with E-state index in [9.17, 15) is 14.2 Å². The van der Waals surface area contributed by atoms with Crippen molar-refractivity contribution in [3.63, 3.8) is 0 Å². The van der Waals surface area contributed by atoms with E-state index in [1.54, 1.807) is 41.5 Å². The quantitative estimate of drug-likeness (QED) is 0.277. The molecule has 0 fully saturated rings. The molecule has 9 heteroatoms. The Kier molecular flexibility index (Phi) is 8.27. The fourth-order valence-electron chi connectivity index (χ4n) is 0.860. The van der Waals surface area contributed by atoms with Crippen molar-refractivity contribution in [2.75, 3.05) is 18.7 Å². The maximum absolute atomic E-state index is 12.2. The molecule has 0 aromatic heterocycles. The minimum absolute atomic E-state index is 0.125. The molecule has 0 aromatic rings. The van der Waals surface area contributed by atoms with Gasteiger partial charge in [0.05, 0.1) is 10.8 Å². The number of hydrogen-bond donors (Lipinski definition) is 0. The third-order valence-electron chi connectivity index (χ3n) is 2.25. The summed E-state index contributed by atoms with van der Waals surface area (Å²) in [6.07, 6.45) is 0. The van der Waals surface area contributed by atoms with E-state index < -0.39 is 44.0 Å². The van der Waals surface area contributed by atoms with E-state index in [-0.39, 0.29) is 5.07 Å². The van der Waals surface area contributed by atoms with Crippen molar-refractivity contribution in [3.8, 4) is 0 Å². The van der Waals surface area contributed by atoms with Crippen LogP contribution in [0.25, 0.3) is 0 Å². The van der Waals surface area contributed by atoms with Gasteiger partial charge in [-0.1, -0.05) is 15.9 Å². The molecule has 0 rings (SSSR count). The normalized spacial score (nSPS) is 12.9. The summed E-state index contributed by atoms with van der Waals surface area (Å²) < 4.78 is 31.8. The molecular weight excluding hydrogens is 379 g/mol. The smallest absolute Gasteiger partial charge is 0.346 e. The molecule has 0 aromatic carbocycles. The van der Waals surface area contributed by atoms with Gasteiger partial charge in [-0.05, 0) is 41.5 Å². The zero-order valence-corrected chi connectivity index (χ0v) is 16.3. The fourth-order valence-corrected chi connectivity index (χ4v) is 2.37. The van der Waals surface area contributed by atoms with Crippen molar-refractivity contribution in [3.05, 3.63) is 0 Å². The van der Waals surface area contributed by atoms with Gasteiger partial charge < -0.3 is 9.47 Å². The number of ether oxygens (including phenoxy) is 2. The second-order valence-corrected chi connectivity index (χ2v) is 10.1. The molecule has 22 heavy (non-hydrogen) atoms. The molecule has 130 valence electrons. The molecule has 7 nitrogen and oxygen atoms in total. The summed E-state index contributed by atoms with van der Waals surface area (Å²) in [5.41, 5.74) is -1.38. The number of esters is 2. The predicted molar refractivity (Wildman–Crippen MR) is 84.4 cm³/mol. The van der Waals surface area contributed by atoms with Crippen LogP contribution in [0, 0.1) is 10.8 Å². The van der Waals surface area contributed by atoms with Crippen LogP contribution in [0.2, 0.25) is 0 Å². The van der Waals surface area contributed by atoms with E-state index in [1.165, 1.54) is 0 Å². The van der Waals surface area contributed by atoms with Crippen molar-refractivity contribution < 1.29 is 32.7 Å². The van der Waals surface area contributed by atoms with Crippen molar-refractivity contribution >= 4 is 35.5 Å². The Bertz CT molecular complexity index is 401. The zero-order valence-electron chi connectivity index (χ0n) is 13.8. The molecule has 0 saturated heterocycles. The SMILES string of the molecule is CC(C)(C)C(=O)OCOP(=O)(CBr)OCOC(=O)C(C)(C)C. The topological polar surface area (TPSA) is 88.1 Å². The minimum atomic E-state index is -3.56. The van der Waals surface area contributed by atoms with Gasteiger partial charge in [0.25, 0.3) is 0 Å². The molecule has 0 saturated carbocycles. The molecule has 0 aliphatic heterocycles. The van der Waals surface area contributed by atoms with Crippen molar-refractivity contribution in [1.29, 1.82) is 0 Å². The number of alkyl halides is 1. The lowest BCUT2D eigenvalue weighted by Crippen LogP contribution is -2.24. The lowest BCUT2D eigenvalue weighted by molar-refractivity contribution is -0.161. The standard InChI is InChI=1S/C13H24BrO7P/c1-12(2,3)10(15)18-8-20-22(17,7-14)21-9-19-11(16)13(4,5)6/h7-9H2,1-6H3. The largest absolute Gasteiger partial charge is 0.438 e. The highest BCUT2D eigenvalue weighted by molar-refractivity contribution is 9.10. The molecule has 0 aliphatic carbocycles. The predicted octanol–water partition coefficient (Wildman–Crippen LogP) is 3.66. The molecule has 0 spiro atoms. The van der Waals surface area contributed by atoms with Crippen LogP contribution in [0.5, 0.6) is 0 Å². The number of carbonyl (C=O) groups is 2. The second-order valence-electron chi connectivity index (χ2n) is 6.59. The maximum atomic E-state index is 12.2. The maximum Gasteiger partial charge on any atom is 0.346 e. The van der Waals surface area contributed by atoms with Gasteiger partial charge in [-0.25, -0.2) is 0 Å². The summed E-state index contributed by atoms with van der Waals surface area (Å²) >= 11 is 2.99. The van der Waals surface area contributed by atoms with Crippen LogP contribution in [-0.2, 0) is 32.7 Å². The summed E-state index contributed by atoms with van der Waals surface area (Å²) in [6, 6.07) is 0. The molecule has 0 heterocycles. The monoisotopic (exact) mass is 402 g/mol. The van der Waals surface area contributed by atoms with Gasteiger partial charge in [0.1, 0.15) is 5.07 Å². The summed E-state index contributed by atoms with van der Waals surface area (Å²) in [6.45, 7) is 9.08. The summed E-state index contributed by atoms with van der Waals surface area (Å²) in [7, 11) is -3.56. The first-order valence-corrected chi connectivity index (χ1v) is 9.45. The Morgan fingerprint density at radius 3 is 1.41 bits per heavy atom. The average Bonchev–Trinajstić information content (AvgIpc) is 2.36. The Morgan fingerprint density at radius 2 is 1.18 bits per heavy atom. The molecule has 0 radical (unpaired) electrons. The van der Waals surface area contributed by atoms with E-state index in [0.717, 1.165) is 0 Å². The van der Waals surface area contributed by atoms with Crippen LogP contribution in [0.15, 0.2) is 0 Å². The van der Waals surface area contributed by atoms with Gasteiger partial charge in [0.15, 0.2) is 0 Å². The number of hydrogen-bond acceptors (Lipinski definition) is 7. The van der Waals surface area contributed by atoms with E-state index in [1.807, 2.05) is 0 Å². The van der Waals surface area contributed by atoms with Gasteiger partial charge in [-0.15, -0.1) is 0 Å². The fraction of sp³-hybridized carbons (Fsp3) is 0.846. The van der Waals surface area contributed by atoms with E-state index in [4.69, 9.17) is 18.5 Å². The molecule has 0 aliphatic rings. The van der Waals surface area contributed by atoms with Gasteiger partial charge in [-0.3, -0.25) is 23.2 Å². The first-order valence-electron chi connectivity index (χ1n) is 6.60. The van der Waals surface area contributed by atoms with E-state index >= 15 is 0 Å². The number of rotatable bonds is 7. The summed E-state index contributed by atoms with van der Waals surface area (Å²) in [5.74, 6) is -0.986. The Hall–Kier alpha value is -0.430. The first-order chi connectivity index (χ1) is 9.82. The zero-order chi connectivity index (χ0) is 17.6. The highest BCUT2D eigenvalue weighted by atomic mass is 79.9. The molecule has 0 bridgehead atoms. The summed E-state index contributed by atoms with van der Waals surface area (Å²) in [5, 5.41) is -0.125. The number of carbonyl (C=O) groups excluding carboxylic acids is 2. The van der Waals surface area contributed by atoms with Gasteiger partial charge in [0, 0.05) is 0 Å². The highest BCUT2D eigenvalue weighted by Gasteiger charge is 2.29. The van der Waals surface area contributed by atoms with Gasteiger partial charge in [0.2, 0.25) is 13.6 Å². The molecule has 0 N–H and O–H groups in total. The van der Waals surface area contributed by atoms with Crippen LogP contribution in [-0.4, -0.2) is 30.6 Å². The minimum Gasteiger partial charge on any atom is -0.438 e. The lowest BCUT2D eigenvalue weighted by atomic mass is 9.98. The summed E-state index contributed by atoms with van der Waals surface area (Å²) in [4.78, 5) is 23.1. The van der Waals surface area contributed by atoms with Gasteiger partial charge >= 0.3 is 19.5 Å². The second kappa shape index (κ2) is 8.43. The van der Waals surface area contributed by atoms with Crippen molar-refractivity contribution in [1.82, 2.24) is 0 Å². The Labute approximate surface area is 139 Å². The van der Waals surface area contributed by atoms with Crippen LogP contribution in [0.1, 0.15) is 41.5 Å². The highest BCUT2D eigenvalue weighted by Crippen LogP contribution is 2.49. The third-order valence-corrected chi connectivity index (χ3v) is 5.38. The molecule has 0 amide bonds. The average molecular weight is 403 g/mol. The lowest BCUT2D eigenvalue weighted by Gasteiger charge is -2.20. The van der Waals surface area contributed by atoms with Gasteiger partial charge in [-0.2, -0.15) is 0 Å². The van der Waals surface area contributed by atoms with E-state index in [2.05, 4.69) is 15.9 Å². The van der Waals surface area contributed by atoms with Crippen molar-refractivity contribution in [2.45, 2.75) is 41.5 Å². The Balaban J connectivity index is 4.29. The molecular formula is C13H24BrO7P. The van der Waals surface area contributed by atoms with Crippen LogP contribution in [0.4, 0.5) is 0 Å². The molecule has 0 unspecified atom stereocenters. The van der Waals surface area contributed by atoms with Crippen LogP contribution in [0.3, 0.4) is 0 Å². The van der Waals surface area contributed by atoms with E-state index in [0.29, 0.717) is 0 Å². The van der Waals surface area contributed by atoms with Crippen LogP contribution >= 0.6 is 23.5 Å². The van der Waals surface area contributed by atoms with Crippen molar-refractivity contribution in [2.24, 2.45) is 10.8 Å². The number of halogens is 1.